The van der Waals surface area contributed by atoms with Crippen LogP contribution in [0.2, 0.25) is 19.6 Å². The molecule has 0 radical (unpaired) electrons. The van der Waals surface area contributed by atoms with Crippen molar-refractivity contribution in [1.29, 1.82) is 0 Å². The lowest BCUT2D eigenvalue weighted by atomic mass is 9.93. The van der Waals surface area contributed by atoms with Crippen LogP contribution in [0, 0.1) is 0 Å². The van der Waals surface area contributed by atoms with Gasteiger partial charge in [0, 0.05) is 6.54 Å². The van der Waals surface area contributed by atoms with Crippen molar-refractivity contribution >= 4 is 25.3 Å². The number of hydrogen-bond donors (Lipinski definition) is 0. The Morgan fingerprint density at radius 2 is 2.06 bits per heavy atom. The molecule has 1 saturated heterocycles. The van der Waals surface area contributed by atoms with Gasteiger partial charge in [0.15, 0.2) is 0 Å². The van der Waals surface area contributed by atoms with E-state index >= 15 is 0 Å². The average molecular weight is 251 g/mol. The zero-order valence-corrected chi connectivity index (χ0v) is 12.4. The Kier molecular flexibility index (Phi) is 3.10. The first-order valence-electron chi connectivity index (χ1n) is 6.13. The maximum Gasteiger partial charge on any atom is 0.101 e. The molecule has 0 aromatic heterocycles. The number of nitrogens with zero attached hydrogens (tertiary/aromatic N) is 1. The minimum atomic E-state index is -1.32. The summed E-state index contributed by atoms with van der Waals surface area (Å²) in [7, 11) is -1.32. The van der Waals surface area contributed by atoms with Crippen LogP contribution in [0.4, 0.5) is 0 Å². The highest BCUT2D eigenvalue weighted by Crippen LogP contribution is 2.33. The molecule has 2 rings (SSSR count). The number of fused-ring (bicyclic) bond motifs is 1. The molecular weight excluding hydrogens is 230 g/mol. The Balaban J connectivity index is 2.36. The predicted molar refractivity (Wildman–Crippen MR) is 77.5 cm³/mol. The first kappa shape index (κ1) is 12.1. The summed E-state index contributed by atoms with van der Waals surface area (Å²) in [6.45, 7) is 12.5. The summed E-state index contributed by atoms with van der Waals surface area (Å²) in [6.07, 6.45) is 6.12. The molecule has 0 aliphatic carbocycles. The Labute approximate surface area is 105 Å². The van der Waals surface area contributed by atoms with E-state index in [0.717, 1.165) is 11.5 Å². The summed E-state index contributed by atoms with van der Waals surface area (Å²) in [5, 5.41) is 1.42. The molecule has 0 N–H and O–H groups in total. The van der Waals surface area contributed by atoms with Gasteiger partial charge in [-0.15, -0.1) is 0 Å². The third-order valence-electron chi connectivity index (χ3n) is 3.56. The Morgan fingerprint density at radius 1 is 1.38 bits per heavy atom. The van der Waals surface area contributed by atoms with Gasteiger partial charge in [-0.05, 0) is 30.0 Å². The van der Waals surface area contributed by atoms with Gasteiger partial charge < -0.3 is 4.90 Å². The van der Waals surface area contributed by atoms with Crippen LogP contribution < -0.4 is 0 Å². The van der Waals surface area contributed by atoms with Gasteiger partial charge in [0.25, 0.3) is 0 Å². The summed E-state index contributed by atoms with van der Waals surface area (Å²) in [5.41, 5.74) is 1.28. The van der Waals surface area contributed by atoms with Crippen molar-refractivity contribution in [2.24, 2.45) is 0 Å². The van der Waals surface area contributed by atoms with Crippen LogP contribution in [0.25, 0.3) is 0 Å². The van der Waals surface area contributed by atoms with Crippen molar-refractivity contribution in [2.75, 3.05) is 6.54 Å². The molecule has 0 aromatic carbocycles. The minimum Gasteiger partial charge on any atom is -0.356 e. The predicted octanol–water partition coefficient (Wildman–Crippen LogP) is 3.54. The fraction of sp³-hybridized carbons (Fsp3) is 0.615. The number of hydrogen-bond acceptors (Lipinski definition) is 1. The number of thiocarbonyl (C=S) groups is 1. The second-order valence-corrected chi connectivity index (χ2v) is 11.3. The summed E-state index contributed by atoms with van der Waals surface area (Å²) in [4.78, 5) is 3.55. The van der Waals surface area contributed by atoms with E-state index in [1.807, 2.05) is 0 Å². The van der Waals surface area contributed by atoms with Crippen LogP contribution in [-0.2, 0) is 0 Å². The molecule has 2 heterocycles. The van der Waals surface area contributed by atoms with Crippen LogP contribution in [0.5, 0.6) is 0 Å². The SMILES string of the molecule is C=C1C=C([Si](C)(C)C)C(=S)N2CCCCC12. The highest BCUT2D eigenvalue weighted by atomic mass is 32.1. The topological polar surface area (TPSA) is 3.24 Å². The van der Waals surface area contributed by atoms with Crippen molar-refractivity contribution in [3.63, 3.8) is 0 Å². The number of rotatable bonds is 1. The molecule has 1 nitrogen and oxygen atoms in total. The van der Waals surface area contributed by atoms with Crippen molar-refractivity contribution < 1.29 is 0 Å². The van der Waals surface area contributed by atoms with E-state index in [1.165, 1.54) is 30.0 Å². The lowest BCUT2D eigenvalue weighted by molar-refractivity contribution is 0.277. The van der Waals surface area contributed by atoms with Crippen LogP contribution in [0.1, 0.15) is 19.3 Å². The van der Waals surface area contributed by atoms with Crippen LogP contribution in [-0.4, -0.2) is 30.5 Å². The lowest BCUT2D eigenvalue weighted by Crippen LogP contribution is -2.50. The average Bonchev–Trinajstić information content (AvgIpc) is 2.22. The normalized spacial score (nSPS) is 26.6. The molecule has 16 heavy (non-hydrogen) atoms. The van der Waals surface area contributed by atoms with Gasteiger partial charge >= 0.3 is 0 Å². The monoisotopic (exact) mass is 251 g/mol. The fourth-order valence-electron chi connectivity index (χ4n) is 2.60. The molecule has 0 amide bonds. The van der Waals surface area contributed by atoms with Crippen molar-refractivity contribution in [2.45, 2.75) is 44.9 Å². The van der Waals surface area contributed by atoms with Crippen LogP contribution in [0.3, 0.4) is 0 Å². The van der Waals surface area contributed by atoms with Gasteiger partial charge in [0.1, 0.15) is 4.99 Å². The zero-order valence-electron chi connectivity index (χ0n) is 10.5. The summed E-state index contributed by atoms with van der Waals surface area (Å²) >= 11 is 5.68. The van der Waals surface area contributed by atoms with Gasteiger partial charge in [0.2, 0.25) is 0 Å². The van der Waals surface area contributed by atoms with E-state index in [1.54, 1.807) is 0 Å². The third-order valence-corrected chi connectivity index (χ3v) is 6.19. The van der Waals surface area contributed by atoms with Crippen molar-refractivity contribution in [3.8, 4) is 0 Å². The summed E-state index contributed by atoms with van der Waals surface area (Å²) < 4.78 is 0. The van der Waals surface area contributed by atoms with Gasteiger partial charge in [0.05, 0.1) is 14.1 Å². The van der Waals surface area contributed by atoms with E-state index in [0.29, 0.717) is 6.04 Å². The summed E-state index contributed by atoms with van der Waals surface area (Å²) in [5.74, 6) is 0. The van der Waals surface area contributed by atoms with E-state index in [9.17, 15) is 0 Å². The highest BCUT2D eigenvalue weighted by molar-refractivity contribution is 7.81. The van der Waals surface area contributed by atoms with Crippen LogP contribution >= 0.6 is 12.2 Å². The Hall–Kier alpha value is -0.413. The first-order chi connectivity index (χ1) is 7.41. The van der Waals surface area contributed by atoms with E-state index in [-0.39, 0.29) is 0 Å². The second kappa shape index (κ2) is 4.11. The van der Waals surface area contributed by atoms with E-state index in [2.05, 4.69) is 37.2 Å². The Bertz CT molecular complexity index is 365. The molecule has 1 atom stereocenters. The largest absolute Gasteiger partial charge is 0.356 e. The second-order valence-electron chi connectivity index (χ2n) is 5.89. The summed E-state index contributed by atoms with van der Waals surface area (Å²) in [6, 6.07) is 0.501. The molecule has 3 heteroatoms. The highest BCUT2D eigenvalue weighted by Gasteiger charge is 2.35. The maximum absolute atomic E-state index is 5.68. The quantitative estimate of drug-likeness (QED) is 0.518. The molecule has 2 aliphatic heterocycles. The number of piperidine rings is 1. The molecule has 0 bridgehead atoms. The maximum atomic E-state index is 5.68. The molecular formula is C13H21NSSi. The van der Waals surface area contributed by atoms with E-state index in [4.69, 9.17) is 12.2 Å². The van der Waals surface area contributed by atoms with Crippen LogP contribution in [0.15, 0.2) is 23.4 Å². The van der Waals surface area contributed by atoms with E-state index < -0.39 is 8.07 Å². The van der Waals surface area contributed by atoms with Gasteiger partial charge in [-0.3, -0.25) is 0 Å². The molecule has 88 valence electrons. The Morgan fingerprint density at radius 3 is 2.69 bits per heavy atom. The standard InChI is InChI=1S/C13H21NSSi/c1-10-9-12(16(2,3)4)13(15)14-8-6-5-7-11(10)14/h9,11H,1,5-8H2,2-4H3. The molecule has 1 unspecified atom stereocenters. The smallest absolute Gasteiger partial charge is 0.101 e. The first-order valence-corrected chi connectivity index (χ1v) is 10.0. The zero-order chi connectivity index (χ0) is 11.9. The molecule has 0 spiro atoms. The lowest BCUT2D eigenvalue weighted by Gasteiger charge is -2.44. The van der Waals surface area contributed by atoms with Gasteiger partial charge in [-0.1, -0.05) is 44.5 Å². The third kappa shape index (κ3) is 2.03. The van der Waals surface area contributed by atoms with Crippen molar-refractivity contribution in [1.82, 2.24) is 4.90 Å². The molecule has 2 aliphatic rings. The molecule has 0 aromatic rings. The van der Waals surface area contributed by atoms with Gasteiger partial charge in [-0.25, -0.2) is 0 Å². The van der Waals surface area contributed by atoms with Crippen molar-refractivity contribution in [3.05, 3.63) is 23.4 Å². The molecule has 0 saturated carbocycles. The molecule has 1 fully saturated rings. The van der Waals surface area contributed by atoms with Gasteiger partial charge in [-0.2, -0.15) is 0 Å². The minimum absolute atomic E-state index is 0.501. The fourth-order valence-corrected chi connectivity index (χ4v) is 5.20.